The van der Waals surface area contributed by atoms with E-state index in [1.807, 2.05) is 30.3 Å². The van der Waals surface area contributed by atoms with Crippen LogP contribution in [-0.2, 0) is 0 Å². The predicted octanol–water partition coefficient (Wildman–Crippen LogP) is 3.79. The van der Waals surface area contributed by atoms with Crippen LogP contribution in [0.3, 0.4) is 0 Å². The van der Waals surface area contributed by atoms with Crippen molar-refractivity contribution in [3.8, 4) is 11.8 Å². The highest BCUT2D eigenvalue weighted by atomic mass is 35.5. The Morgan fingerprint density at radius 2 is 2.08 bits per heavy atom. The van der Waals surface area contributed by atoms with Crippen molar-refractivity contribution in [3.63, 3.8) is 0 Å². The first-order valence-corrected chi connectivity index (χ1v) is 8.85. The molecule has 0 amide bonds. The number of hydrogen-bond acceptors (Lipinski definition) is 4. The van der Waals surface area contributed by atoms with Crippen LogP contribution in [0.15, 0.2) is 48.5 Å². The van der Waals surface area contributed by atoms with Crippen molar-refractivity contribution >= 4 is 11.6 Å². The molecule has 0 aromatic heterocycles. The molecule has 130 valence electrons. The number of aliphatic hydroxyl groups excluding tert-OH is 1. The van der Waals surface area contributed by atoms with E-state index in [0.29, 0.717) is 22.9 Å². The number of rotatable bonds is 6. The molecule has 2 aromatic rings. The Labute approximate surface area is 153 Å². The van der Waals surface area contributed by atoms with E-state index < -0.39 is 0 Å². The Hall–Kier alpha value is -2.06. The van der Waals surface area contributed by atoms with Crippen LogP contribution in [0.5, 0.6) is 5.75 Å². The normalized spacial score (nSPS) is 18.7. The molecule has 0 aliphatic carbocycles. The van der Waals surface area contributed by atoms with Gasteiger partial charge in [-0.2, -0.15) is 5.26 Å². The minimum Gasteiger partial charge on any atom is -0.484 e. The average Bonchev–Trinajstić information content (AvgIpc) is 3.05. The van der Waals surface area contributed by atoms with E-state index in [9.17, 15) is 10.4 Å². The summed E-state index contributed by atoms with van der Waals surface area (Å²) in [6, 6.07) is 17.2. The van der Waals surface area contributed by atoms with Gasteiger partial charge < -0.3 is 14.7 Å². The zero-order valence-electron chi connectivity index (χ0n) is 13.9. The van der Waals surface area contributed by atoms with Gasteiger partial charge in [0.15, 0.2) is 0 Å². The second-order valence-corrected chi connectivity index (χ2v) is 6.74. The second kappa shape index (κ2) is 8.35. The van der Waals surface area contributed by atoms with Crippen molar-refractivity contribution in [1.29, 1.82) is 5.26 Å². The minimum atomic E-state index is -0.228. The maximum Gasteiger partial charge on any atom is 0.139 e. The summed E-state index contributed by atoms with van der Waals surface area (Å²) in [5.74, 6) is 0.505. The second-order valence-electron chi connectivity index (χ2n) is 6.30. The number of benzene rings is 2. The van der Waals surface area contributed by atoms with Gasteiger partial charge in [-0.1, -0.05) is 41.9 Å². The van der Waals surface area contributed by atoms with Gasteiger partial charge in [-0.15, -0.1) is 0 Å². The van der Waals surface area contributed by atoms with E-state index >= 15 is 0 Å². The number of hydrogen-bond donors (Lipinski definition) is 1. The van der Waals surface area contributed by atoms with Crippen molar-refractivity contribution in [3.05, 3.63) is 64.7 Å². The molecule has 1 heterocycles. The lowest BCUT2D eigenvalue weighted by Gasteiger charge is -2.23. The molecule has 1 aliphatic rings. The van der Waals surface area contributed by atoms with Crippen LogP contribution < -0.4 is 4.74 Å². The fourth-order valence-corrected chi connectivity index (χ4v) is 3.28. The van der Waals surface area contributed by atoms with E-state index in [-0.39, 0.29) is 12.2 Å². The van der Waals surface area contributed by atoms with Crippen molar-refractivity contribution in [2.75, 3.05) is 19.6 Å². The van der Waals surface area contributed by atoms with Crippen molar-refractivity contribution < 1.29 is 9.84 Å². The fraction of sp³-hybridized carbons (Fsp3) is 0.350. The molecule has 0 bridgehead atoms. The first-order chi connectivity index (χ1) is 12.2. The van der Waals surface area contributed by atoms with Crippen molar-refractivity contribution in [1.82, 2.24) is 4.90 Å². The maximum atomic E-state index is 9.69. The summed E-state index contributed by atoms with van der Waals surface area (Å²) in [6.07, 6.45) is 1.19. The van der Waals surface area contributed by atoms with Gasteiger partial charge in [0.05, 0.1) is 11.7 Å². The van der Waals surface area contributed by atoms with Crippen molar-refractivity contribution in [2.45, 2.75) is 25.0 Å². The summed E-state index contributed by atoms with van der Waals surface area (Å²) in [4.78, 5) is 2.24. The predicted molar refractivity (Wildman–Crippen MR) is 97.7 cm³/mol. The van der Waals surface area contributed by atoms with E-state index in [1.54, 1.807) is 18.2 Å². The average molecular weight is 357 g/mol. The quantitative estimate of drug-likeness (QED) is 0.855. The molecule has 0 unspecified atom stereocenters. The highest BCUT2D eigenvalue weighted by Gasteiger charge is 2.22. The first kappa shape index (κ1) is 17.8. The van der Waals surface area contributed by atoms with Gasteiger partial charge >= 0.3 is 0 Å². The van der Waals surface area contributed by atoms with Crippen LogP contribution in [0.1, 0.15) is 30.1 Å². The smallest absolute Gasteiger partial charge is 0.139 e. The standard InChI is InChI=1S/C20H21ClN2O2/c21-17-7-6-16(13-22)20(12-17)25-19(15-4-2-1-3-5-15)9-11-23-10-8-18(24)14-23/h1-7,12,18-19,24H,8-11,14H2/t18-,19-/m1/s1. The molecule has 1 saturated heterocycles. The van der Waals surface area contributed by atoms with Gasteiger partial charge in [-0.3, -0.25) is 0 Å². The van der Waals surface area contributed by atoms with Crippen LogP contribution in [0, 0.1) is 11.3 Å². The number of nitriles is 1. The zero-order valence-corrected chi connectivity index (χ0v) is 14.7. The Bertz CT molecular complexity index is 745. The monoisotopic (exact) mass is 356 g/mol. The molecule has 3 rings (SSSR count). The van der Waals surface area contributed by atoms with Gasteiger partial charge in [0.1, 0.15) is 17.9 Å². The Balaban J connectivity index is 1.77. The maximum absolute atomic E-state index is 9.69. The number of nitrogens with zero attached hydrogens (tertiary/aromatic N) is 2. The molecule has 0 radical (unpaired) electrons. The van der Waals surface area contributed by atoms with Crippen LogP contribution in [0.25, 0.3) is 0 Å². The summed E-state index contributed by atoms with van der Waals surface area (Å²) in [5, 5.41) is 19.6. The number of aliphatic hydroxyl groups is 1. The number of halogens is 1. The molecular formula is C20H21ClN2O2. The molecule has 0 saturated carbocycles. The van der Waals surface area contributed by atoms with Gasteiger partial charge in [0.25, 0.3) is 0 Å². The number of ether oxygens (including phenoxy) is 1. The van der Waals surface area contributed by atoms with Crippen LogP contribution in [0.4, 0.5) is 0 Å². The van der Waals surface area contributed by atoms with E-state index in [1.165, 1.54) is 0 Å². The first-order valence-electron chi connectivity index (χ1n) is 8.47. The van der Waals surface area contributed by atoms with E-state index in [0.717, 1.165) is 31.5 Å². The largest absolute Gasteiger partial charge is 0.484 e. The molecular weight excluding hydrogens is 336 g/mol. The highest BCUT2D eigenvalue weighted by Crippen LogP contribution is 2.30. The summed E-state index contributed by atoms with van der Waals surface area (Å²) in [5.41, 5.74) is 1.54. The molecule has 1 fully saturated rings. The molecule has 2 atom stereocenters. The lowest BCUT2D eigenvalue weighted by atomic mass is 10.1. The Morgan fingerprint density at radius 3 is 2.76 bits per heavy atom. The topological polar surface area (TPSA) is 56.5 Å². The highest BCUT2D eigenvalue weighted by molar-refractivity contribution is 6.30. The zero-order chi connectivity index (χ0) is 17.6. The van der Waals surface area contributed by atoms with Gasteiger partial charge in [-0.05, 0) is 24.1 Å². The summed E-state index contributed by atoms with van der Waals surface area (Å²) >= 11 is 6.07. The van der Waals surface area contributed by atoms with Gasteiger partial charge in [0.2, 0.25) is 0 Å². The van der Waals surface area contributed by atoms with E-state index in [4.69, 9.17) is 16.3 Å². The Morgan fingerprint density at radius 1 is 1.28 bits per heavy atom. The lowest BCUT2D eigenvalue weighted by Crippen LogP contribution is -2.25. The molecule has 25 heavy (non-hydrogen) atoms. The summed E-state index contributed by atoms with van der Waals surface area (Å²) in [6.45, 7) is 2.45. The fourth-order valence-electron chi connectivity index (χ4n) is 3.12. The molecule has 4 nitrogen and oxygen atoms in total. The third kappa shape index (κ3) is 4.73. The van der Waals surface area contributed by atoms with Gasteiger partial charge in [-0.25, -0.2) is 0 Å². The Kier molecular flexibility index (Phi) is 5.93. The van der Waals surface area contributed by atoms with Crippen LogP contribution >= 0.6 is 11.6 Å². The minimum absolute atomic E-state index is 0.176. The SMILES string of the molecule is N#Cc1ccc(Cl)cc1O[C@H](CCN1CC[C@@H](O)C1)c1ccccc1. The summed E-state index contributed by atoms with van der Waals surface area (Å²) < 4.78 is 6.19. The number of likely N-dealkylation sites (tertiary alicyclic amines) is 1. The number of β-amino-alcohol motifs (C(OH)–C–C–N with tert-alkyl or cyclic N) is 1. The molecule has 5 heteroatoms. The third-order valence-electron chi connectivity index (χ3n) is 4.46. The van der Waals surface area contributed by atoms with E-state index in [2.05, 4.69) is 11.0 Å². The molecule has 1 aliphatic heterocycles. The molecule has 1 N–H and O–H groups in total. The molecule has 0 spiro atoms. The van der Waals surface area contributed by atoms with Crippen LogP contribution in [-0.4, -0.2) is 35.7 Å². The van der Waals surface area contributed by atoms with Crippen molar-refractivity contribution in [2.24, 2.45) is 0 Å². The van der Waals surface area contributed by atoms with Crippen LogP contribution in [0.2, 0.25) is 5.02 Å². The lowest BCUT2D eigenvalue weighted by molar-refractivity contribution is 0.153. The van der Waals surface area contributed by atoms with Gasteiger partial charge in [0, 0.05) is 37.1 Å². The molecule has 2 aromatic carbocycles. The third-order valence-corrected chi connectivity index (χ3v) is 4.69. The summed E-state index contributed by atoms with van der Waals surface area (Å²) in [7, 11) is 0.